The van der Waals surface area contributed by atoms with Crippen LogP contribution >= 0.6 is 0 Å². The van der Waals surface area contributed by atoms with Gasteiger partial charge in [-0.25, -0.2) is 4.79 Å². The highest BCUT2D eigenvalue weighted by atomic mass is 16.5. The fourth-order valence-electron chi connectivity index (χ4n) is 1.54. The molecule has 0 saturated carbocycles. The number of aromatic nitrogens is 2. The Morgan fingerprint density at radius 2 is 2.39 bits per heavy atom. The summed E-state index contributed by atoms with van der Waals surface area (Å²) in [6, 6.07) is 9.02. The first kappa shape index (κ1) is 12.1. The molecule has 0 N–H and O–H groups in total. The molecule has 0 aliphatic heterocycles. The van der Waals surface area contributed by atoms with Crippen molar-refractivity contribution >= 4 is 0 Å². The number of methoxy groups -OCH3 is 1. The van der Waals surface area contributed by atoms with Crippen LogP contribution in [0, 0.1) is 11.3 Å². The minimum Gasteiger partial charge on any atom is -0.390 e. The molecule has 0 spiro atoms. The lowest BCUT2D eigenvalue weighted by atomic mass is 10.1. The molecule has 0 bridgehead atoms. The standard InChI is InChI=1S/C12H11N3O3/c1-17-8-11-14-15(12(16)18-11)7-10-4-2-3-9(5-10)6-13/h2-5H,7-8H2,1H3. The Morgan fingerprint density at radius 1 is 1.56 bits per heavy atom. The molecule has 1 aromatic carbocycles. The van der Waals surface area contributed by atoms with Gasteiger partial charge in [0.1, 0.15) is 6.61 Å². The first-order chi connectivity index (χ1) is 8.72. The van der Waals surface area contributed by atoms with E-state index in [-0.39, 0.29) is 19.0 Å². The van der Waals surface area contributed by atoms with Gasteiger partial charge in [-0.05, 0) is 17.7 Å². The van der Waals surface area contributed by atoms with E-state index in [1.54, 1.807) is 18.2 Å². The number of rotatable bonds is 4. The number of ether oxygens (including phenoxy) is 1. The molecule has 2 rings (SSSR count). The predicted octanol–water partition coefficient (Wildman–Crippen LogP) is 0.903. The Kier molecular flexibility index (Phi) is 3.55. The summed E-state index contributed by atoms with van der Waals surface area (Å²) >= 11 is 0. The van der Waals surface area contributed by atoms with Crippen molar-refractivity contribution in [3.63, 3.8) is 0 Å². The van der Waals surface area contributed by atoms with Crippen LogP contribution in [0.2, 0.25) is 0 Å². The highest BCUT2D eigenvalue weighted by Crippen LogP contribution is 2.05. The van der Waals surface area contributed by atoms with E-state index >= 15 is 0 Å². The maximum Gasteiger partial charge on any atom is 0.437 e. The number of benzene rings is 1. The SMILES string of the molecule is COCc1nn(Cc2cccc(C#N)c2)c(=O)o1. The summed E-state index contributed by atoms with van der Waals surface area (Å²) in [7, 11) is 1.50. The quantitative estimate of drug-likeness (QED) is 0.799. The fraction of sp³-hybridized carbons (Fsp3) is 0.250. The van der Waals surface area contributed by atoms with Crippen molar-refractivity contribution < 1.29 is 9.15 Å². The molecule has 0 saturated heterocycles. The Bertz CT molecular complexity index is 637. The third kappa shape index (κ3) is 2.64. The third-order valence-corrected chi connectivity index (χ3v) is 2.30. The molecule has 18 heavy (non-hydrogen) atoms. The van der Waals surface area contributed by atoms with E-state index in [9.17, 15) is 4.79 Å². The number of hydrogen-bond acceptors (Lipinski definition) is 5. The van der Waals surface area contributed by atoms with Crippen LogP contribution in [-0.2, 0) is 17.9 Å². The summed E-state index contributed by atoms with van der Waals surface area (Å²) in [6.07, 6.45) is 0. The molecule has 0 amide bonds. The van der Waals surface area contributed by atoms with Crippen molar-refractivity contribution in [3.05, 3.63) is 51.8 Å². The molecule has 0 unspecified atom stereocenters. The van der Waals surface area contributed by atoms with Crippen LogP contribution in [0.25, 0.3) is 0 Å². The van der Waals surface area contributed by atoms with Crippen LogP contribution in [0.4, 0.5) is 0 Å². The lowest BCUT2D eigenvalue weighted by molar-refractivity contribution is 0.158. The maximum absolute atomic E-state index is 11.5. The van der Waals surface area contributed by atoms with Crippen LogP contribution < -0.4 is 5.76 Å². The van der Waals surface area contributed by atoms with Gasteiger partial charge in [0.05, 0.1) is 18.2 Å². The second-order valence-electron chi connectivity index (χ2n) is 3.66. The molecule has 0 fully saturated rings. The molecule has 0 radical (unpaired) electrons. The first-order valence-electron chi connectivity index (χ1n) is 5.27. The smallest absolute Gasteiger partial charge is 0.390 e. The van der Waals surface area contributed by atoms with Crippen molar-refractivity contribution in [2.24, 2.45) is 0 Å². The maximum atomic E-state index is 11.5. The number of hydrogen-bond donors (Lipinski definition) is 0. The van der Waals surface area contributed by atoms with Crippen LogP contribution in [0.15, 0.2) is 33.5 Å². The van der Waals surface area contributed by atoms with Gasteiger partial charge in [-0.1, -0.05) is 12.1 Å². The van der Waals surface area contributed by atoms with Crippen molar-refractivity contribution in [2.45, 2.75) is 13.2 Å². The zero-order valence-electron chi connectivity index (χ0n) is 9.79. The topological polar surface area (TPSA) is 81.0 Å². The van der Waals surface area contributed by atoms with Gasteiger partial charge in [-0.2, -0.15) is 9.94 Å². The van der Waals surface area contributed by atoms with Crippen LogP contribution in [0.3, 0.4) is 0 Å². The van der Waals surface area contributed by atoms with Crippen molar-refractivity contribution in [3.8, 4) is 6.07 Å². The van der Waals surface area contributed by atoms with Crippen molar-refractivity contribution in [2.75, 3.05) is 7.11 Å². The van der Waals surface area contributed by atoms with Gasteiger partial charge in [0.2, 0.25) is 5.89 Å². The van der Waals surface area contributed by atoms with E-state index in [0.29, 0.717) is 5.56 Å². The number of nitriles is 1. The van der Waals surface area contributed by atoms with Crippen LogP contribution in [0.5, 0.6) is 0 Å². The van der Waals surface area contributed by atoms with Crippen LogP contribution in [0.1, 0.15) is 17.0 Å². The zero-order chi connectivity index (χ0) is 13.0. The van der Waals surface area contributed by atoms with Crippen molar-refractivity contribution in [1.82, 2.24) is 9.78 Å². The molecule has 0 aliphatic carbocycles. The normalized spacial score (nSPS) is 10.2. The molecule has 6 heteroatoms. The van der Waals surface area contributed by atoms with Gasteiger partial charge < -0.3 is 9.15 Å². The van der Waals surface area contributed by atoms with E-state index in [4.69, 9.17) is 14.4 Å². The van der Waals surface area contributed by atoms with Gasteiger partial charge in [0, 0.05) is 7.11 Å². The third-order valence-electron chi connectivity index (χ3n) is 2.30. The van der Waals surface area contributed by atoms with E-state index in [1.807, 2.05) is 12.1 Å². The van der Waals surface area contributed by atoms with Gasteiger partial charge in [0.15, 0.2) is 0 Å². The summed E-state index contributed by atoms with van der Waals surface area (Å²) in [5.74, 6) is -0.302. The van der Waals surface area contributed by atoms with E-state index in [1.165, 1.54) is 11.8 Å². The van der Waals surface area contributed by atoms with Gasteiger partial charge >= 0.3 is 5.76 Å². The fourth-order valence-corrected chi connectivity index (χ4v) is 1.54. The average Bonchev–Trinajstić information content (AvgIpc) is 2.70. The molecule has 1 heterocycles. The highest BCUT2D eigenvalue weighted by molar-refractivity contribution is 5.32. The van der Waals surface area contributed by atoms with E-state index in [2.05, 4.69) is 5.10 Å². The van der Waals surface area contributed by atoms with Gasteiger partial charge in [-0.15, -0.1) is 5.10 Å². The Balaban J connectivity index is 2.23. The molecule has 2 aromatic rings. The summed E-state index contributed by atoms with van der Waals surface area (Å²) in [5.41, 5.74) is 1.36. The lowest BCUT2D eigenvalue weighted by Gasteiger charge is -1.99. The molecule has 6 nitrogen and oxygen atoms in total. The molecular weight excluding hydrogens is 234 g/mol. The molecule has 92 valence electrons. The lowest BCUT2D eigenvalue weighted by Crippen LogP contribution is -2.16. The van der Waals surface area contributed by atoms with E-state index < -0.39 is 5.76 Å². The Labute approximate surface area is 103 Å². The second kappa shape index (κ2) is 5.29. The first-order valence-corrected chi connectivity index (χ1v) is 5.27. The number of nitrogens with zero attached hydrogens (tertiary/aromatic N) is 3. The Hall–Kier alpha value is -2.39. The Morgan fingerprint density at radius 3 is 3.11 bits per heavy atom. The largest absolute Gasteiger partial charge is 0.437 e. The summed E-state index contributed by atoms with van der Waals surface area (Å²) in [5, 5.41) is 12.8. The average molecular weight is 245 g/mol. The predicted molar refractivity (Wildman–Crippen MR) is 61.7 cm³/mol. The van der Waals surface area contributed by atoms with E-state index in [0.717, 1.165) is 5.56 Å². The van der Waals surface area contributed by atoms with Gasteiger partial charge in [-0.3, -0.25) is 0 Å². The summed E-state index contributed by atoms with van der Waals surface area (Å²) in [4.78, 5) is 11.5. The minimum absolute atomic E-state index is 0.153. The zero-order valence-corrected chi connectivity index (χ0v) is 9.79. The minimum atomic E-state index is -0.538. The summed E-state index contributed by atoms with van der Waals surface area (Å²) in [6.45, 7) is 0.419. The second-order valence-corrected chi connectivity index (χ2v) is 3.66. The molecule has 0 atom stereocenters. The molecule has 1 aromatic heterocycles. The summed E-state index contributed by atoms with van der Waals surface area (Å²) < 4.78 is 10.9. The highest BCUT2D eigenvalue weighted by Gasteiger charge is 2.08. The van der Waals surface area contributed by atoms with Crippen LogP contribution in [-0.4, -0.2) is 16.9 Å². The monoisotopic (exact) mass is 245 g/mol. The van der Waals surface area contributed by atoms with Gasteiger partial charge in [0.25, 0.3) is 0 Å². The molecular formula is C12H11N3O3. The van der Waals surface area contributed by atoms with Crippen molar-refractivity contribution in [1.29, 1.82) is 5.26 Å². The molecule has 0 aliphatic rings.